The summed E-state index contributed by atoms with van der Waals surface area (Å²) in [6, 6.07) is 0. The summed E-state index contributed by atoms with van der Waals surface area (Å²) >= 11 is 0. The zero-order valence-electron chi connectivity index (χ0n) is 12.0. The molecule has 0 amide bonds. The van der Waals surface area contributed by atoms with Crippen LogP contribution in [0.5, 0.6) is 0 Å². The Morgan fingerprint density at radius 2 is 1.26 bits per heavy atom. The van der Waals surface area contributed by atoms with E-state index in [1.165, 1.54) is 44.9 Å². The van der Waals surface area contributed by atoms with Crippen molar-refractivity contribution in [2.75, 3.05) is 13.1 Å². The number of aliphatic carboxylic acids is 1. The molecule has 0 atom stereocenters. The van der Waals surface area contributed by atoms with Crippen LogP contribution in [0.25, 0.3) is 0 Å². The van der Waals surface area contributed by atoms with E-state index in [2.05, 4.69) is 4.90 Å². The fourth-order valence-electron chi connectivity index (χ4n) is 4.66. The van der Waals surface area contributed by atoms with Gasteiger partial charge in [-0.05, 0) is 31.1 Å². The standard InChI is InChI=1S/C16H27NO2/c18-14(19)16(10-6-1-2-7-11-16)17-12-15(13-17)8-4-3-5-9-15/h1-13H2,(H,18,19). The predicted octanol–water partition coefficient (Wildman–Crippen LogP) is 3.43. The van der Waals surface area contributed by atoms with Gasteiger partial charge in [0.15, 0.2) is 0 Å². The van der Waals surface area contributed by atoms with E-state index in [1.807, 2.05) is 0 Å². The minimum Gasteiger partial charge on any atom is -0.480 e. The van der Waals surface area contributed by atoms with Crippen molar-refractivity contribution in [1.29, 1.82) is 0 Å². The molecule has 0 bridgehead atoms. The van der Waals surface area contributed by atoms with Gasteiger partial charge < -0.3 is 5.11 Å². The summed E-state index contributed by atoms with van der Waals surface area (Å²) in [5.41, 5.74) is -0.0216. The largest absolute Gasteiger partial charge is 0.480 e. The highest BCUT2D eigenvalue weighted by molar-refractivity contribution is 5.79. The van der Waals surface area contributed by atoms with E-state index >= 15 is 0 Å². The summed E-state index contributed by atoms with van der Waals surface area (Å²) in [6.07, 6.45) is 13.1. The van der Waals surface area contributed by atoms with E-state index in [9.17, 15) is 9.90 Å². The number of rotatable bonds is 2. The normalized spacial score (nSPS) is 30.5. The Hall–Kier alpha value is -0.570. The van der Waals surface area contributed by atoms with Gasteiger partial charge in [-0.3, -0.25) is 9.69 Å². The molecule has 2 aliphatic carbocycles. The molecule has 3 rings (SSSR count). The number of hydrogen-bond acceptors (Lipinski definition) is 2. The fourth-order valence-corrected chi connectivity index (χ4v) is 4.66. The van der Waals surface area contributed by atoms with Gasteiger partial charge in [-0.1, -0.05) is 44.9 Å². The van der Waals surface area contributed by atoms with Crippen LogP contribution in [0, 0.1) is 5.41 Å². The summed E-state index contributed by atoms with van der Waals surface area (Å²) in [7, 11) is 0. The lowest BCUT2D eigenvalue weighted by Crippen LogP contribution is -2.68. The topological polar surface area (TPSA) is 40.5 Å². The van der Waals surface area contributed by atoms with Crippen molar-refractivity contribution in [3.8, 4) is 0 Å². The molecule has 1 heterocycles. The maximum absolute atomic E-state index is 11.9. The monoisotopic (exact) mass is 265 g/mol. The molecule has 0 aromatic rings. The smallest absolute Gasteiger partial charge is 0.324 e. The molecule has 1 saturated heterocycles. The van der Waals surface area contributed by atoms with Crippen LogP contribution in [-0.4, -0.2) is 34.6 Å². The minimum atomic E-state index is -0.556. The van der Waals surface area contributed by atoms with Gasteiger partial charge in [0, 0.05) is 13.1 Å². The third kappa shape index (κ3) is 2.31. The van der Waals surface area contributed by atoms with Gasteiger partial charge in [-0.2, -0.15) is 0 Å². The molecule has 0 radical (unpaired) electrons. The Kier molecular flexibility index (Phi) is 3.59. The average Bonchev–Trinajstić information content (AvgIpc) is 2.63. The quantitative estimate of drug-likeness (QED) is 0.778. The summed E-state index contributed by atoms with van der Waals surface area (Å²) in [6.45, 7) is 2.11. The van der Waals surface area contributed by atoms with Gasteiger partial charge in [0.2, 0.25) is 0 Å². The van der Waals surface area contributed by atoms with Crippen molar-refractivity contribution < 1.29 is 9.90 Å². The van der Waals surface area contributed by atoms with E-state index in [4.69, 9.17) is 0 Å². The zero-order valence-corrected chi connectivity index (χ0v) is 12.0. The highest BCUT2D eigenvalue weighted by Crippen LogP contribution is 2.48. The Morgan fingerprint density at radius 3 is 1.79 bits per heavy atom. The summed E-state index contributed by atoms with van der Waals surface area (Å²) < 4.78 is 0. The molecule has 0 unspecified atom stereocenters. The molecule has 0 aromatic heterocycles. The van der Waals surface area contributed by atoms with Crippen LogP contribution in [0.4, 0.5) is 0 Å². The van der Waals surface area contributed by atoms with E-state index in [0.717, 1.165) is 38.8 Å². The van der Waals surface area contributed by atoms with Crippen molar-refractivity contribution in [1.82, 2.24) is 4.90 Å². The lowest BCUT2D eigenvalue weighted by Gasteiger charge is -2.58. The summed E-state index contributed by atoms with van der Waals surface area (Å²) in [5, 5.41) is 9.79. The van der Waals surface area contributed by atoms with E-state index < -0.39 is 11.5 Å². The maximum Gasteiger partial charge on any atom is 0.324 e. The van der Waals surface area contributed by atoms with Gasteiger partial charge >= 0.3 is 5.97 Å². The first-order valence-corrected chi connectivity index (χ1v) is 8.16. The van der Waals surface area contributed by atoms with Crippen molar-refractivity contribution in [3.63, 3.8) is 0 Å². The fraction of sp³-hybridized carbons (Fsp3) is 0.938. The molecule has 0 aromatic carbocycles. The van der Waals surface area contributed by atoms with Gasteiger partial charge in [-0.25, -0.2) is 0 Å². The number of likely N-dealkylation sites (tertiary alicyclic amines) is 1. The van der Waals surface area contributed by atoms with Gasteiger partial charge in [0.05, 0.1) is 0 Å². The second-order valence-corrected chi connectivity index (χ2v) is 7.17. The van der Waals surface area contributed by atoms with E-state index in [1.54, 1.807) is 0 Å². The molecule has 3 heteroatoms. The van der Waals surface area contributed by atoms with Crippen LogP contribution in [-0.2, 0) is 4.79 Å². The van der Waals surface area contributed by atoms with Crippen molar-refractivity contribution in [2.24, 2.45) is 5.41 Å². The van der Waals surface area contributed by atoms with Gasteiger partial charge in [0.1, 0.15) is 5.54 Å². The molecule has 1 aliphatic heterocycles. The first-order chi connectivity index (χ1) is 9.17. The van der Waals surface area contributed by atoms with Gasteiger partial charge in [0.25, 0.3) is 0 Å². The van der Waals surface area contributed by atoms with Crippen molar-refractivity contribution in [2.45, 2.75) is 76.2 Å². The first kappa shape index (κ1) is 13.4. The highest BCUT2D eigenvalue weighted by Gasteiger charge is 2.54. The molecule has 2 saturated carbocycles. The molecule has 1 N–H and O–H groups in total. The van der Waals surface area contributed by atoms with Crippen LogP contribution in [0.1, 0.15) is 70.6 Å². The lowest BCUT2D eigenvalue weighted by molar-refractivity contribution is -0.168. The van der Waals surface area contributed by atoms with Crippen molar-refractivity contribution >= 4 is 5.97 Å². The number of carbonyl (C=O) groups is 1. The van der Waals surface area contributed by atoms with Crippen molar-refractivity contribution in [3.05, 3.63) is 0 Å². The molecule has 3 nitrogen and oxygen atoms in total. The lowest BCUT2D eigenvalue weighted by atomic mass is 9.66. The SMILES string of the molecule is O=C(O)C1(N2CC3(CCCCC3)C2)CCCCCC1. The van der Waals surface area contributed by atoms with Crippen LogP contribution in [0.3, 0.4) is 0 Å². The molecule has 19 heavy (non-hydrogen) atoms. The van der Waals surface area contributed by atoms with Crippen LogP contribution < -0.4 is 0 Å². The Bertz CT molecular complexity index is 331. The average molecular weight is 265 g/mol. The number of nitrogens with zero attached hydrogens (tertiary/aromatic N) is 1. The third-order valence-electron chi connectivity index (χ3n) is 5.90. The molecular weight excluding hydrogens is 238 g/mol. The Morgan fingerprint density at radius 1 is 0.789 bits per heavy atom. The molecular formula is C16H27NO2. The van der Waals surface area contributed by atoms with E-state index in [0.29, 0.717) is 5.41 Å². The van der Waals surface area contributed by atoms with Gasteiger partial charge in [-0.15, -0.1) is 0 Å². The molecule has 3 aliphatic rings. The predicted molar refractivity (Wildman–Crippen MR) is 75.2 cm³/mol. The van der Waals surface area contributed by atoms with E-state index in [-0.39, 0.29) is 0 Å². The molecule has 3 fully saturated rings. The minimum absolute atomic E-state index is 0.493. The number of carboxylic acid groups (broad SMARTS) is 1. The maximum atomic E-state index is 11.9. The number of carboxylic acids is 1. The third-order valence-corrected chi connectivity index (χ3v) is 5.90. The summed E-state index contributed by atoms with van der Waals surface area (Å²) in [4.78, 5) is 14.2. The zero-order chi connectivity index (χ0) is 13.3. The van der Waals surface area contributed by atoms with Crippen LogP contribution in [0.15, 0.2) is 0 Å². The Labute approximate surface area is 116 Å². The number of hydrogen-bond donors (Lipinski definition) is 1. The summed E-state index contributed by atoms with van der Waals surface area (Å²) in [5.74, 6) is -0.556. The molecule has 1 spiro atoms. The Balaban J connectivity index is 1.70. The first-order valence-electron chi connectivity index (χ1n) is 8.16. The molecule has 108 valence electrons. The van der Waals surface area contributed by atoms with Crippen LogP contribution in [0.2, 0.25) is 0 Å². The second-order valence-electron chi connectivity index (χ2n) is 7.17. The second kappa shape index (κ2) is 5.08. The van der Waals surface area contributed by atoms with Crippen LogP contribution >= 0.6 is 0 Å². The highest BCUT2D eigenvalue weighted by atomic mass is 16.4.